The molecule has 1 heteroatoms. The first kappa shape index (κ1) is 8.28. The molecule has 9 heavy (non-hydrogen) atoms. The Morgan fingerprint density at radius 3 is 2.67 bits per heavy atom. The fourth-order valence-electron chi connectivity index (χ4n) is 0.359. The summed E-state index contributed by atoms with van der Waals surface area (Å²) in [6, 6.07) is 0. The lowest BCUT2D eigenvalue weighted by Crippen LogP contribution is -1.95. The summed E-state index contributed by atoms with van der Waals surface area (Å²) >= 11 is 0. The Labute approximate surface area is 57.0 Å². The van der Waals surface area contributed by atoms with E-state index >= 15 is 0 Å². The maximum absolute atomic E-state index is 5.08. The van der Waals surface area contributed by atoms with Gasteiger partial charge in [0.15, 0.2) is 0 Å². The third-order valence-corrected chi connectivity index (χ3v) is 0.740. The standard InChI is InChI=1S/C8H14O/c1-4-5-6-9-7-8(2)3/h4-6,8H,1,7H2,2-3H3/b6-5+. The van der Waals surface area contributed by atoms with Crippen LogP contribution in [-0.2, 0) is 4.74 Å². The monoisotopic (exact) mass is 126 g/mol. The quantitative estimate of drug-likeness (QED) is 0.415. The Morgan fingerprint density at radius 2 is 2.22 bits per heavy atom. The van der Waals surface area contributed by atoms with Gasteiger partial charge in [0.25, 0.3) is 0 Å². The predicted molar refractivity (Wildman–Crippen MR) is 40.1 cm³/mol. The van der Waals surface area contributed by atoms with Crippen LogP contribution in [0.4, 0.5) is 0 Å². The molecule has 0 saturated carbocycles. The summed E-state index contributed by atoms with van der Waals surface area (Å²) in [6.45, 7) is 8.52. The molecule has 0 unspecified atom stereocenters. The van der Waals surface area contributed by atoms with E-state index in [0.717, 1.165) is 6.61 Å². The summed E-state index contributed by atoms with van der Waals surface area (Å²) < 4.78 is 5.08. The van der Waals surface area contributed by atoms with Crippen molar-refractivity contribution in [3.8, 4) is 0 Å². The van der Waals surface area contributed by atoms with Crippen molar-refractivity contribution in [1.82, 2.24) is 0 Å². The molecule has 0 radical (unpaired) electrons. The topological polar surface area (TPSA) is 9.23 Å². The Kier molecular flexibility index (Phi) is 4.98. The first-order valence-corrected chi connectivity index (χ1v) is 3.16. The molecule has 0 heterocycles. The summed E-state index contributed by atoms with van der Waals surface area (Å²) in [6.07, 6.45) is 5.13. The molecule has 0 bridgehead atoms. The summed E-state index contributed by atoms with van der Waals surface area (Å²) in [4.78, 5) is 0. The second-order valence-corrected chi connectivity index (χ2v) is 2.29. The number of hydrogen-bond acceptors (Lipinski definition) is 1. The molecule has 1 nitrogen and oxygen atoms in total. The van der Waals surface area contributed by atoms with Crippen LogP contribution in [0.5, 0.6) is 0 Å². The van der Waals surface area contributed by atoms with Crippen molar-refractivity contribution in [2.45, 2.75) is 13.8 Å². The highest BCUT2D eigenvalue weighted by atomic mass is 16.5. The molecule has 0 N–H and O–H groups in total. The van der Waals surface area contributed by atoms with Crippen molar-refractivity contribution in [2.24, 2.45) is 5.92 Å². The van der Waals surface area contributed by atoms with Crippen molar-refractivity contribution < 1.29 is 4.74 Å². The molecule has 0 aromatic heterocycles. The number of hydrogen-bond donors (Lipinski definition) is 0. The number of rotatable bonds is 4. The van der Waals surface area contributed by atoms with Crippen LogP contribution in [0, 0.1) is 5.92 Å². The largest absolute Gasteiger partial charge is 0.501 e. The lowest BCUT2D eigenvalue weighted by Gasteiger charge is -2.01. The molecule has 0 aromatic carbocycles. The van der Waals surface area contributed by atoms with Crippen LogP contribution in [0.15, 0.2) is 25.0 Å². The van der Waals surface area contributed by atoms with E-state index in [-0.39, 0.29) is 0 Å². The first-order valence-electron chi connectivity index (χ1n) is 3.16. The van der Waals surface area contributed by atoms with Crippen LogP contribution in [0.3, 0.4) is 0 Å². The zero-order valence-corrected chi connectivity index (χ0v) is 6.13. The van der Waals surface area contributed by atoms with Crippen LogP contribution in [0.25, 0.3) is 0 Å². The SMILES string of the molecule is C=C/C=C/OCC(C)C. The minimum absolute atomic E-state index is 0.597. The summed E-state index contributed by atoms with van der Waals surface area (Å²) in [7, 11) is 0. The van der Waals surface area contributed by atoms with E-state index in [1.807, 2.05) is 0 Å². The van der Waals surface area contributed by atoms with Gasteiger partial charge >= 0.3 is 0 Å². The second-order valence-electron chi connectivity index (χ2n) is 2.29. The number of ether oxygens (including phenoxy) is 1. The molecule has 0 aliphatic carbocycles. The molecule has 0 rings (SSSR count). The van der Waals surface area contributed by atoms with Gasteiger partial charge in [-0.3, -0.25) is 0 Å². The Balaban J connectivity index is 3.08. The zero-order valence-electron chi connectivity index (χ0n) is 6.13. The third kappa shape index (κ3) is 7.28. The zero-order chi connectivity index (χ0) is 7.11. The van der Waals surface area contributed by atoms with Crippen LogP contribution < -0.4 is 0 Å². The minimum atomic E-state index is 0.597. The van der Waals surface area contributed by atoms with E-state index < -0.39 is 0 Å². The average molecular weight is 126 g/mol. The average Bonchev–Trinajstić information content (AvgIpc) is 1.80. The Bertz CT molecular complexity index is 92.7. The van der Waals surface area contributed by atoms with E-state index in [4.69, 9.17) is 4.74 Å². The highest BCUT2D eigenvalue weighted by Gasteiger charge is 1.87. The fraction of sp³-hybridized carbons (Fsp3) is 0.500. The van der Waals surface area contributed by atoms with E-state index in [9.17, 15) is 0 Å². The molecule has 0 saturated heterocycles. The van der Waals surface area contributed by atoms with Gasteiger partial charge in [-0.05, 0) is 12.0 Å². The van der Waals surface area contributed by atoms with Crippen LogP contribution in [0.2, 0.25) is 0 Å². The highest BCUT2D eigenvalue weighted by Crippen LogP contribution is 1.92. The molecule has 0 aliphatic heterocycles. The first-order chi connectivity index (χ1) is 4.27. The molecule has 0 aromatic rings. The molecule has 0 atom stereocenters. The van der Waals surface area contributed by atoms with Gasteiger partial charge in [0, 0.05) is 0 Å². The molecule has 0 spiro atoms. The summed E-state index contributed by atoms with van der Waals surface area (Å²) in [5.74, 6) is 0.597. The van der Waals surface area contributed by atoms with Crippen LogP contribution in [-0.4, -0.2) is 6.61 Å². The van der Waals surface area contributed by atoms with E-state index in [2.05, 4.69) is 20.4 Å². The van der Waals surface area contributed by atoms with Gasteiger partial charge in [0.1, 0.15) is 0 Å². The van der Waals surface area contributed by atoms with E-state index in [1.165, 1.54) is 0 Å². The lowest BCUT2D eigenvalue weighted by atomic mass is 10.2. The van der Waals surface area contributed by atoms with E-state index in [1.54, 1.807) is 18.4 Å². The van der Waals surface area contributed by atoms with Crippen LogP contribution >= 0.6 is 0 Å². The van der Waals surface area contributed by atoms with Crippen LogP contribution in [0.1, 0.15) is 13.8 Å². The normalized spacial score (nSPS) is 10.6. The van der Waals surface area contributed by atoms with Gasteiger partial charge in [-0.2, -0.15) is 0 Å². The number of allylic oxidation sites excluding steroid dienone is 2. The molecular formula is C8H14O. The predicted octanol–water partition coefficient (Wildman–Crippen LogP) is 2.36. The van der Waals surface area contributed by atoms with Crippen molar-refractivity contribution in [1.29, 1.82) is 0 Å². The van der Waals surface area contributed by atoms with Crippen molar-refractivity contribution in [3.63, 3.8) is 0 Å². The third-order valence-electron chi connectivity index (χ3n) is 0.740. The van der Waals surface area contributed by atoms with Gasteiger partial charge in [-0.1, -0.05) is 26.5 Å². The minimum Gasteiger partial charge on any atom is -0.501 e. The van der Waals surface area contributed by atoms with Gasteiger partial charge in [-0.25, -0.2) is 0 Å². The van der Waals surface area contributed by atoms with Crippen molar-refractivity contribution >= 4 is 0 Å². The smallest absolute Gasteiger partial charge is 0.0896 e. The maximum atomic E-state index is 5.08. The van der Waals surface area contributed by atoms with Gasteiger partial charge in [0.2, 0.25) is 0 Å². The Hall–Kier alpha value is -0.720. The Morgan fingerprint density at radius 1 is 1.56 bits per heavy atom. The summed E-state index contributed by atoms with van der Waals surface area (Å²) in [5, 5.41) is 0. The molecule has 0 amide bonds. The van der Waals surface area contributed by atoms with E-state index in [0.29, 0.717) is 5.92 Å². The molecular weight excluding hydrogens is 112 g/mol. The maximum Gasteiger partial charge on any atom is 0.0896 e. The molecule has 0 fully saturated rings. The van der Waals surface area contributed by atoms with Gasteiger partial charge in [-0.15, -0.1) is 0 Å². The highest BCUT2D eigenvalue weighted by molar-refractivity contribution is 4.92. The van der Waals surface area contributed by atoms with Crippen molar-refractivity contribution in [3.05, 3.63) is 25.0 Å². The van der Waals surface area contributed by atoms with Gasteiger partial charge < -0.3 is 4.74 Å². The summed E-state index contributed by atoms with van der Waals surface area (Å²) in [5.41, 5.74) is 0. The van der Waals surface area contributed by atoms with Crippen molar-refractivity contribution in [2.75, 3.05) is 6.61 Å². The fourth-order valence-corrected chi connectivity index (χ4v) is 0.359. The second kappa shape index (κ2) is 5.42. The molecule has 52 valence electrons. The van der Waals surface area contributed by atoms with Gasteiger partial charge in [0.05, 0.1) is 12.9 Å². The molecule has 0 aliphatic rings. The lowest BCUT2D eigenvalue weighted by molar-refractivity contribution is 0.211.